The van der Waals surface area contributed by atoms with Crippen LogP contribution in [0.4, 0.5) is 5.82 Å². The van der Waals surface area contributed by atoms with Crippen LogP contribution in [-0.2, 0) is 0 Å². The minimum absolute atomic E-state index is 0.406. The lowest BCUT2D eigenvalue weighted by Crippen LogP contribution is -2.01. The second-order valence-electron chi connectivity index (χ2n) is 4.26. The van der Waals surface area contributed by atoms with Gasteiger partial charge in [-0.1, -0.05) is 43.1 Å². The maximum Gasteiger partial charge on any atom is 0.129 e. The molecule has 1 aromatic carbocycles. The number of pyridine rings is 1. The molecule has 17 heavy (non-hydrogen) atoms. The van der Waals surface area contributed by atoms with Crippen LogP contribution in [0.5, 0.6) is 0 Å². The van der Waals surface area contributed by atoms with Gasteiger partial charge in [-0.3, -0.25) is 0 Å². The van der Waals surface area contributed by atoms with Gasteiger partial charge in [0, 0.05) is 12.4 Å². The van der Waals surface area contributed by atoms with E-state index in [-0.39, 0.29) is 0 Å². The molecule has 0 unspecified atom stereocenters. The van der Waals surface area contributed by atoms with Crippen molar-refractivity contribution in [2.45, 2.75) is 19.8 Å². The summed E-state index contributed by atoms with van der Waals surface area (Å²) in [4.78, 5) is 4.55. The second-order valence-corrected chi connectivity index (χ2v) is 5.05. The fourth-order valence-corrected chi connectivity index (χ4v) is 2.20. The number of nitrogens with zero attached hydrogens (tertiary/aromatic N) is 1. The van der Waals surface area contributed by atoms with E-state index in [1.807, 2.05) is 13.1 Å². The molecule has 0 amide bonds. The molecule has 0 aliphatic heterocycles. The number of aromatic nitrogens is 1. The Balaban J connectivity index is 2.78. The van der Waals surface area contributed by atoms with Crippen molar-refractivity contribution in [2.24, 2.45) is 0 Å². The molecule has 1 aromatic heterocycles. The zero-order valence-corrected chi connectivity index (χ0v) is 11.5. The fraction of sp³-hybridized carbons (Fsp3) is 0.308. The van der Waals surface area contributed by atoms with E-state index >= 15 is 0 Å². The molecule has 1 N–H and O–H groups in total. The van der Waals surface area contributed by atoms with E-state index in [1.54, 1.807) is 6.07 Å². The van der Waals surface area contributed by atoms with Crippen LogP contribution < -0.4 is 5.32 Å². The van der Waals surface area contributed by atoms with E-state index in [0.29, 0.717) is 16.0 Å². The summed E-state index contributed by atoms with van der Waals surface area (Å²) in [6, 6.07) is 5.86. The van der Waals surface area contributed by atoms with Crippen LogP contribution >= 0.6 is 23.2 Å². The number of hydrogen-bond donors (Lipinski definition) is 1. The molecule has 0 radical (unpaired) electrons. The molecule has 0 bridgehead atoms. The number of halogens is 2. The molecule has 90 valence electrons. The number of nitrogens with one attached hydrogen (secondary N) is 1. The minimum Gasteiger partial charge on any atom is -0.373 e. The van der Waals surface area contributed by atoms with E-state index in [4.69, 9.17) is 23.2 Å². The third-order valence-corrected chi connectivity index (χ3v) is 3.56. The minimum atomic E-state index is 0.406. The maximum atomic E-state index is 6.16. The normalized spacial score (nSPS) is 11.2. The number of hydrogen-bond acceptors (Lipinski definition) is 2. The Morgan fingerprint density at radius 3 is 2.53 bits per heavy atom. The van der Waals surface area contributed by atoms with Gasteiger partial charge in [-0.25, -0.2) is 4.98 Å². The SMILES string of the molecule is CNc1nc2c(Cl)c(Cl)ccc2cc1C(C)C. The highest BCUT2D eigenvalue weighted by molar-refractivity contribution is 6.45. The van der Waals surface area contributed by atoms with Gasteiger partial charge in [-0.15, -0.1) is 0 Å². The van der Waals surface area contributed by atoms with Gasteiger partial charge in [0.25, 0.3) is 0 Å². The Bertz CT molecular complexity index is 565. The summed E-state index contributed by atoms with van der Waals surface area (Å²) in [6.07, 6.45) is 0. The van der Waals surface area contributed by atoms with Crippen molar-refractivity contribution in [2.75, 3.05) is 12.4 Å². The molecule has 0 saturated heterocycles. The summed E-state index contributed by atoms with van der Waals surface area (Å²) < 4.78 is 0. The van der Waals surface area contributed by atoms with Gasteiger partial charge in [-0.05, 0) is 23.6 Å². The van der Waals surface area contributed by atoms with Crippen LogP contribution in [0.3, 0.4) is 0 Å². The van der Waals surface area contributed by atoms with Crippen molar-refractivity contribution in [3.63, 3.8) is 0 Å². The first kappa shape index (κ1) is 12.5. The molecule has 2 nitrogen and oxygen atoms in total. The van der Waals surface area contributed by atoms with Crippen LogP contribution in [-0.4, -0.2) is 12.0 Å². The van der Waals surface area contributed by atoms with Gasteiger partial charge in [0.15, 0.2) is 0 Å². The molecule has 2 aromatic rings. The molecule has 0 fully saturated rings. The van der Waals surface area contributed by atoms with Gasteiger partial charge in [0.1, 0.15) is 5.82 Å². The highest BCUT2D eigenvalue weighted by atomic mass is 35.5. The Morgan fingerprint density at radius 1 is 1.24 bits per heavy atom. The average molecular weight is 269 g/mol. The lowest BCUT2D eigenvalue weighted by molar-refractivity contribution is 0.864. The van der Waals surface area contributed by atoms with Gasteiger partial charge in [0.2, 0.25) is 0 Å². The van der Waals surface area contributed by atoms with Crippen molar-refractivity contribution in [3.8, 4) is 0 Å². The van der Waals surface area contributed by atoms with Crippen molar-refractivity contribution in [1.29, 1.82) is 0 Å². The van der Waals surface area contributed by atoms with Crippen LogP contribution in [0, 0.1) is 0 Å². The first-order valence-electron chi connectivity index (χ1n) is 5.51. The average Bonchev–Trinajstić information content (AvgIpc) is 2.32. The van der Waals surface area contributed by atoms with Gasteiger partial charge in [0.05, 0.1) is 15.6 Å². The van der Waals surface area contributed by atoms with E-state index in [0.717, 1.165) is 16.7 Å². The largest absolute Gasteiger partial charge is 0.373 e. The number of benzene rings is 1. The highest BCUT2D eigenvalue weighted by Crippen LogP contribution is 2.33. The van der Waals surface area contributed by atoms with Crippen LogP contribution in [0.1, 0.15) is 25.3 Å². The zero-order chi connectivity index (χ0) is 12.6. The van der Waals surface area contributed by atoms with E-state index in [9.17, 15) is 0 Å². The molecule has 2 rings (SSSR count). The van der Waals surface area contributed by atoms with Gasteiger partial charge < -0.3 is 5.32 Å². The summed E-state index contributed by atoms with van der Waals surface area (Å²) in [7, 11) is 1.86. The second kappa shape index (κ2) is 4.71. The third kappa shape index (κ3) is 2.20. The van der Waals surface area contributed by atoms with Crippen molar-refractivity contribution >= 4 is 39.9 Å². The van der Waals surface area contributed by atoms with E-state index < -0.39 is 0 Å². The van der Waals surface area contributed by atoms with Crippen LogP contribution in [0.15, 0.2) is 18.2 Å². The molecule has 4 heteroatoms. The summed E-state index contributed by atoms with van der Waals surface area (Å²) in [5, 5.41) is 5.16. The number of fused-ring (bicyclic) bond motifs is 1. The van der Waals surface area contributed by atoms with Gasteiger partial charge >= 0.3 is 0 Å². The van der Waals surface area contributed by atoms with Crippen LogP contribution in [0.25, 0.3) is 10.9 Å². The highest BCUT2D eigenvalue weighted by Gasteiger charge is 2.12. The monoisotopic (exact) mass is 268 g/mol. The lowest BCUT2D eigenvalue weighted by atomic mass is 10.0. The van der Waals surface area contributed by atoms with Gasteiger partial charge in [-0.2, -0.15) is 0 Å². The first-order valence-corrected chi connectivity index (χ1v) is 6.26. The Hall–Kier alpha value is -0.990. The van der Waals surface area contributed by atoms with E-state index in [1.165, 1.54) is 5.56 Å². The van der Waals surface area contributed by atoms with Crippen molar-refractivity contribution in [3.05, 3.63) is 33.8 Å². The first-order chi connectivity index (χ1) is 8.04. The summed E-state index contributed by atoms with van der Waals surface area (Å²) in [6.45, 7) is 4.28. The predicted molar refractivity (Wildman–Crippen MR) is 75.4 cm³/mol. The lowest BCUT2D eigenvalue weighted by Gasteiger charge is -2.13. The number of rotatable bonds is 2. The van der Waals surface area contributed by atoms with Crippen LogP contribution in [0.2, 0.25) is 10.0 Å². The molecule has 0 atom stereocenters. The molecular formula is C13H14Cl2N2. The quantitative estimate of drug-likeness (QED) is 0.854. The summed E-state index contributed by atoms with van der Waals surface area (Å²) in [5.74, 6) is 1.26. The molecule has 1 heterocycles. The summed E-state index contributed by atoms with van der Waals surface area (Å²) >= 11 is 12.2. The zero-order valence-electron chi connectivity index (χ0n) is 10.0. The molecule has 0 aliphatic rings. The smallest absolute Gasteiger partial charge is 0.129 e. The Labute approximate surface area is 111 Å². The molecule has 0 aliphatic carbocycles. The molecule has 0 saturated carbocycles. The molecular weight excluding hydrogens is 255 g/mol. The van der Waals surface area contributed by atoms with Crippen molar-refractivity contribution in [1.82, 2.24) is 4.98 Å². The summed E-state index contributed by atoms with van der Waals surface area (Å²) in [5.41, 5.74) is 1.92. The maximum absolute atomic E-state index is 6.16. The molecule has 0 spiro atoms. The Morgan fingerprint density at radius 2 is 1.94 bits per heavy atom. The fourth-order valence-electron chi connectivity index (χ4n) is 1.84. The predicted octanol–water partition coefficient (Wildman–Crippen LogP) is 4.71. The topological polar surface area (TPSA) is 24.9 Å². The standard InChI is InChI=1S/C13H14Cl2N2/c1-7(2)9-6-8-4-5-10(14)11(15)12(8)17-13(9)16-3/h4-7H,1-3H3,(H,16,17). The number of anilines is 1. The van der Waals surface area contributed by atoms with Crippen molar-refractivity contribution < 1.29 is 0 Å². The third-order valence-electron chi connectivity index (χ3n) is 2.77. The Kier molecular flexibility index (Phi) is 3.45. The van der Waals surface area contributed by atoms with E-state index in [2.05, 4.69) is 30.2 Å².